The lowest BCUT2D eigenvalue weighted by Gasteiger charge is -2.20. The molecule has 3 aromatic carbocycles. The normalized spacial score (nSPS) is 14.1. The van der Waals surface area contributed by atoms with Crippen molar-refractivity contribution < 1.29 is 23.1 Å². The zero-order valence-corrected chi connectivity index (χ0v) is 15.3. The van der Waals surface area contributed by atoms with E-state index in [0.29, 0.717) is 27.6 Å². The first-order chi connectivity index (χ1) is 13.4. The Balaban J connectivity index is 1.73. The standard InChI is InChI=1S/C20H16N2O5S/c23-19-14-8-4-7-13-17(10-9-15(21-19)18(13)14)28(26,27)22-16(20(24)25)11-12-5-2-1-3-6-12/h1-10,16,22H,11H2,(H,21,23)(H,24,25)/p-1/t16-/m0/s1. The van der Waals surface area contributed by atoms with Crippen LogP contribution in [0.3, 0.4) is 0 Å². The molecule has 0 unspecified atom stereocenters. The summed E-state index contributed by atoms with van der Waals surface area (Å²) in [6.45, 7) is 0. The van der Waals surface area contributed by atoms with E-state index in [1.54, 1.807) is 48.5 Å². The van der Waals surface area contributed by atoms with Crippen molar-refractivity contribution in [2.75, 3.05) is 5.32 Å². The van der Waals surface area contributed by atoms with Gasteiger partial charge in [0.2, 0.25) is 10.0 Å². The van der Waals surface area contributed by atoms with Gasteiger partial charge in [0.1, 0.15) is 0 Å². The second-order valence-corrected chi connectivity index (χ2v) is 8.16. The van der Waals surface area contributed by atoms with Crippen LogP contribution in [0.4, 0.5) is 5.69 Å². The zero-order valence-electron chi connectivity index (χ0n) is 14.5. The van der Waals surface area contributed by atoms with Crippen LogP contribution in [0.5, 0.6) is 0 Å². The summed E-state index contributed by atoms with van der Waals surface area (Å²) in [5.41, 5.74) is 1.56. The summed E-state index contributed by atoms with van der Waals surface area (Å²) < 4.78 is 28.2. The molecule has 1 amide bonds. The topological polar surface area (TPSA) is 115 Å². The maximum absolute atomic E-state index is 13.0. The van der Waals surface area contributed by atoms with Gasteiger partial charge in [-0.2, -0.15) is 0 Å². The van der Waals surface area contributed by atoms with Crippen LogP contribution in [0.2, 0.25) is 0 Å². The van der Waals surface area contributed by atoms with Crippen LogP contribution in [0.25, 0.3) is 10.8 Å². The van der Waals surface area contributed by atoms with Gasteiger partial charge in [0.25, 0.3) is 5.91 Å². The zero-order chi connectivity index (χ0) is 19.9. The predicted octanol–water partition coefficient (Wildman–Crippen LogP) is 1.04. The van der Waals surface area contributed by atoms with Crippen molar-refractivity contribution in [1.82, 2.24) is 4.72 Å². The summed E-state index contributed by atoms with van der Waals surface area (Å²) in [6.07, 6.45) is -0.0519. The van der Waals surface area contributed by atoms with Gasteiger partial charge in [0, 0.05) is 22.0 Å². The molecule has 3 aromatic rings. The van der Waals surface area contributed by atoms with Gasteiger partial charge in [0.05, 0.1) is 16.9 Å². The minimum Gasteiger partial charge on any atom is -0.548 e. The van der Waals surface area contributed by atoms with E-state index in [-0.39, 0.29) is 17.2 Å². The van der Waals surface area contributed by atoms with Gasteiger partial charge in [-0.15, -0.1) is 0 Å². The fourth-order valence-corrected chi connectivity index (χ4v) is 4.76. The number of sulfonamides is 1. The van der Waals surface area contributed by atoms with Crippen molar-refractivity contribution in [2.45, 2.75) is 17.4 Å². The summed E-state index contributed by atoms with van der Waals surface area (Å²) in [7, 11) is -4.18. The molecule has 7 nitrogen and oxygen atoms in total. The average molecular weight is 395 g/mol. The Morgan fingerprint density at radius 3 is 2.50 bits per heavy atom. The van der Waals surface area contributed by atoms with E-state index in [4.69, 9.17) is 0 Å². The SMILES string of the molecule is O=C1Nc2ccc(S(=O)(=O)N[C@@H](Cc3ccccc3)C(=O)[O-])c3cccc1c23. The number of anilines is 1. The number of carboxylic acid groups (broad SMARTS) is 1. The number of carbonyl (C=O) groups is 2. The molecule has 0 fully saturated rings. The highest BCUT2D eigenvalue weighted by Gasteiger charge is 2.28. The van der Waals surface area contributed by atoms with Crippen molar-refractivity contribution in [1.29, 1.82) is 0 Å². The first kappa shape index (κ1) is 18.1. The first-order valence-electron chi connectivity index (χ1n) is 8.51. The van der Waals surface area contributed by atoms with Crippen LogP contribution >= 0.6 is 0 Å². The van der Waals surface area contributed by atoms with Crippen LogP contribution in [0.1, 0.15) is 15.9 Å². The fourth-order valence-electron chi connectivity index (χ4n) is 3.37. The minimum absolute atomic E-state index is 0.0519. The average Bonchev–Trinajstić information content (AvgIpc) is 2.99. The molecule has 0 saturated carbocycles. The van der Waals surface area contributed by atoms with Gasteiger partial charge in [-0.3, -0.25) is 4.79 Å². The van der Waals surface area contributed by atoms with Gasteiger partial charge < -0.3 is 15.2 Å². The third-order valence-corrected chi connectivity index (χ3v) is 6.18. The van der Waals surface area contributed by atoms with Gasteiger partial charge in [0.15, 0.2) is 0 Å². The molecule has 1 atom stereocenters. The highest BCUT2D eigenvalue weighted by molar-refractivity contribution is 7.89. The van der Waals surface area contributed by atoms with Crippen molar-refractivity contribution >= 4 is 38.4 Å². The van der Waals surface area contributed by atoms with E-state index in [1.807, 2.05) is 0 Å². The van der Waals surface area contributed by atoms with Gasteiger partial charge in [-0.1, -0.05) is 42.5 Å². The summed E-state index contributed by atoms with van der Waals surface area (Å²) in [6, 6.07) is 14.9. The molecular formula is C20H15N2O5S-. The van der Waals surface area contributed by atoms with Crippen LogP contribution in [-0.2, 0) is 21.2 Å². The number of hydrogen-bond donors (Lipinski definition) is 2. The highest BCUT2D eigenvalue weighted by Crippen LogP contribution is 2.36. The Kier molecular flexibility index (Phi) is 4.37. The van der Waals surface area contributed by atoms with E-state index < -0.39 is 22.0 Å². The predicted molar refractivity (Wildman–Crippen MR) is 101 cm³/mol. The minimum atomic E-state index is -4.18. The summed E-state index contributed by atoms with van der Waals surface area (Å²) in [5, 5.41) is 15.1. The summed E-state index contributed by atoms with van der Waals surface area (Å²) >= 11 is 0. The number of amides is 1. The molecule has 0 bridgehead atoms. The van der Waals surface area contributed by atoms with Crippen LogP contribution < -0.4 is 15.1 Å². The van der Waals surface area contributed by atoms with Crippen LogP contribution in [0, 0.1) is 0 Å². The fraction of sp³-hybridized carbons (Fsp3) is 0.100. The van der Waals surface area contributed by atoms with Crippen molar-refractivity contribution in [3.63, 3.8) is 0 Å². The van der Waals surface area contributed by atoms with E-state index in [0.717, 1.165) is 0 Å². The van der Waals surface area contributed by atoms with E-state index in [1.165, 1.54) is 12.1 Å². The number of carbonyl (C=O) groups excluding carboxylic acids is 2. The molecule has 0 saturated heterocycles. The Bertz CT molecular complexity index is 1210. The molecule has 28 heavy (non-hydrogen) atoms. The highest BCUT2D eigenvalue weighted by atomic mass is 32.2. The van der Waals surface area contributed by atoms with Gasteiger partial charge in [-0.25, -0.2) is 13.1 Å². The molecule has 0 aliphatic carbocycles. The summed E-state index contributed by atoms with van der Waals surface area (Å²) in [5.74, 6) is -1.82. The maximum Gasteiger partial charge on any atom is 0.256 e. The number of benzene rings is 3. The lowest BCUT2D eigenvalue weighted by atomic mass is 10.1. The lowest BCUT2D eigenvalue weighted by molar-refractivity contribution is -0.307. The smallest absolute Gasteiger partial charge is 0.256 e. The molecule has 1 aliphatic rings. The maximum atomic E-state index is 13.0. The second-order valence-electron chi connectivity index (χ2n) is 6.48. The lowest BCUT2D eigenvalue weighted by Crippen LogP contribution is -2.49. The van der Waals surface area contributed by atoms with Crippen molar-refractivity contribution in [2.24, 2.45) is 0 Å². The number of hydrogen-bond acceptors (Lipinski definition) is 5. The Hall–Kier alpha value is -3.23. The third-order valence-electron chi connectivity index (χ3n) is 4.65. The molecule has 1 heterocycles. The second kappa shape index (κ2) is 6.74. The molecule has 2 N–H and O–H groups in total. The number of nitrogens with one attached hydrogen (secondary N) is 2. The largest absolute Gasteiger partial charge is 0.548 e. The molecule has 0 aromatic heterocycles. The van der Waals surface area contributed by atoms with Crippen LogP contribution in [-0.4, -0.2) is 26.3 Å². The Labute approximate surface area is 161 Å². The first-order valence-corrected chi connectivity index (χ1v) is 9.99. The number of rotatable bonds is 6. The number of aliphatic carboxylic acids is 1. The van der Waals surface area contributed by atoms with E-state index in [2.05, 4.69) is 10.0 Å². The molecular weight excluding hydrogens is 380 g/mol. The van der Waals surface area contributed by atoms with Crippen LogP contribution in [0.15, 0.2) is 65.6 Å². The molecule has 142 valence electrons. The molecule has 0 spiro atoms. The molecule has 1 aliphatic heterocycles. The van der Waals surface area contributed by atoms with Gasteiger partial charge in [-0.05, 0) is 30.2 Å². The van der Waals surface area contributed by atoms with Gasteiger partial charge >= 0.3 is 0 Å². The van der Waals surface area contributed by atoms with E-state index in [9.17, 15) is 23.1 Å². The molecule has 8 heteroatoms. The monoisotopic (exact) mass is 395 g/mol. The quantitative estimate of drug-likeness (QED) is 0.647. The van der Waals surface area contributed by atoms with Crippen molar-refractivity contribution in [3.05, 3.63) is 71.8 Å². The van der Waals surface area contributed by atoms with E-state index >= 15 is 0 Å². The molecule has 0 radical (unpaired) electrons. The van der Waals surface area contributed by atoms with Crippen molar-refractivity contribution in [3.8, 4) is 0 Å². The Morgan fingerprint density at radius 2 is 1.79 bits per heavy atom. The summed E-state index contributed by atoms with van der Waals surface area (Å²) in [4.78, 5) is 23.5. The molecule has 4 rings (SSSR count). The Morgan fingerprint density at radius 1 is 1.04 bits per heavy atom. The number of carboxylic acids is 1. The third kappa shape index (κ3) is 3.12.